The van der Waals surface area contributed by atoms with Crippen molar-refractivity contribution < 1.29 is 9.13 Å². The van der Waals surface area contributed by atoms with Gasteiger partial charge in [0.1, 0.15) is 11.6 Å². The summed E-state index contributed by atoms with van der Waals surface area (Å²) in [7, 11) is 1.80. The van der Waals surface area contributed by atoms with E-state index in [4.69, 9.17) is 4.74 Å². The first-order valence-electron chi connectivity index (χ1n) is 6.77. The Kier molecular flexibility index (Phi) is 5.31. The van der Waals surface area contributed by atoms with Crippen LogP contribution in [0.4, 0.5) is 4.39 Å². The van der Waals surface area contributed by atoms with Gasteiger partial charge in [0, 0.05) is 16.6 Å². The lowest BCUT2D eigenvalue weighted by atomic mass is 10.0. The lowest BCUT2D eigenvalue weighted by molar-refractivity contribution is 0.442. The number of hydrogen-bond donors (Lipinski definition) is 1. The zero-order valence-electron chi connectivity index (χ0n) is 12.3. The number of nitrogens with zero attached hydrogens (tertiary/aromatic N) is 1. The SMILES string of the molecule is CNCc1cc(F)cnc1Oc1ccc(Br)cc1C(C)C. The molecule has 0 aliphatic heterocycles. The number of aromatic nitrogens is 1. The van der Waals surface area contributed by atoms with Crippen molar-refractivity contribution in [2.24, 2.45) is 0 Å². The van der Waals surface area contributed by atoms with E-state index in [-0.39, 0.29) is 5.82 Å². The van der Waals surface area contributed by atoms with Gasteiger partial charge >= 0.3 is 0 Å². The Morgan fingerprint density at radius 3 is 2.76 bits per heavy atom. The van der Waals surface area contributed by atoms with Gasteiger partial charge in [-0.15, -0.1) is 0 Å². The van der Waals surface area contributed by atoms with E-state index < -0.39 is 0 Å². The van der Waals surface area contributed by atoms with Crippen LogP contribution in [0.3, 0.4) is 0 Å². The first kappa shape index (κ1) is 15.9. The van der Waals surface area contributed by atoms with Gasteiger partial charge in [0.2, 0.25) is 5.88 Å². The monoisotopic (exact) mass is 352 g/mol. The first-order valence-corrected chi connectivity index (χ1v) is 7.57. The zero-order chi connectivity index (χ0) is 15.4. The van der Waals surface area contributed by atoms with Crippen molar-refractivity contribution >= 4 is 15.9 Å². The van der Waals surface area contributed by atoms with Crippen LogP contribution < -0.4 is 10.1 Å². The average Bonchev–Trinajstić information content (AvgIpc) is 2.43. The fourth-order valence-corrected chi connectivity index (χ4v) is 2.42. The highest BCUT2D eigenvalue weighted by molar-refractivity contribution is 9.10. The number of halogens is 2. The predicted molar refractivity (Wildman–Crippen MR) is 85.3 cm³/mol. The van der Waals surface area contributed by atoms with Crippen molar-refractivity contribution in [1.29, 1.82) is 0 Å². The van der Waals surface area contributed by atoms with Crippen LogP contribution in [0.15, 0.2) is 34.9 Å². The Hall–Kier alpha value is -1.46. The van der Waals surface area contributed by atoms with Gasteiger partial charge in [0.15, 0.2) is 0 Å². The minimum absolute atomic E-state index is 0.311. The van der Waals surface area contributed by atoms with E-state index in [1.165, 1.54) is 12.3 Å². The maximum absolute atomic E-state index is 13.3. The van der Waals surface area contributed by atoms with Gasteiger partial charge in [-0.1, -0.05) is 29.8 Å². The van der Waals surface area contributed by atoms with Gasteiger partial charge in [-0.2, -0.15) is 0 Å². The third kappa shape index (κ3) is 4.02. The van der Waals surface area contributed by atoms with Gasteiger partial charge in [-0.3, -0.25) is 0 Å². The van der Waals surface area contributed by atoms with Crippen LogP contribution in [-0.4, -0.2) is 12.0 Å². The maximum atomic E-state index is 13.3. The van der Waals surface area contributed by atoms with Crippen molar-refractivity contribution in [3.63, 3.8) is 0 Å². The highest BCUT2D eigenvalue weighted by Crippen LogP contribution is 2.33. The Balaban J connectivity index is 2.38. The van der Waals surface area contributed by atoms with E-state index in [2.05, 4.69) is 40.1 Å². The highest BCUT2D eigenvalue weighted by atomic mass is 79.9. The van der Waals surface area contributed by atoms with Crippen LogP contribution in [0, 0.1) is 5.82 Å². The molecule has 0 unspecified atom stereocenters. The molecule has 0 fully saturated rings. The Labute approximate surface area is 132 Å². The Morgan fingerprint density at radius 2 is 2.10 bits per heavy atom. The van der Waals surface area contributed by atoms with Gasteiger partial charge in [-0.05, 0) is 42.8 Å². The predicted octanol–water partition coefficient (Wildman–Crippen LogP) is 4.62. The van der Waals surface area contributed by atoms with Crippen LogP contribution in [0.5, 0.6) is 11.6 Å². The summed E-state index contributed by atoms with van der Waals surface area (Å²) < 4.78 is 20.2. The molecule has 1 heterocycles. The van der Waals surface area contributed by atoms with E-state index in [1.54, 1.807) is 7.05 Å². The van der Waals surface area contributed by atoms with E-state index in [9.17, 15) is 4.39 Å². The molecule has 0 amide bonds. The topological polar surface area (TPSA) is 34.2 Å². The first-order chi connectivity index (χ1) is 10.0. The summed E-state index contributed by atoms with van der Waals surface area (Å²) in [5.41, 5.74) is 1.76. The summed E-state index contributed by atoms with van der Waals surface area (Å²) in [4.78, 5) is 4.07. The third-order valence-electron chi connectivity index (χ3n) is 3.06. The molecule has 2 rings (SSSR count). The maximum Gasteiger partial charge on any atom is 0.223 e. The molecular formula is C16H18BrFN2O. The van der Waals surface area contributed by atoms with E-state index in [1.807, 2.05) is 18.2 Å². The fourth-order valence-electron chi connectivity index (χ4n) is 2.05. The minimum Gasteiger partial charge on any atom is -0.438 e. The molecular weight excluding hydrogens is 335 g/mol. The van der Waals surface area contributed by atoms with E-state index in [0.717, 1.165) is 15.8 Å². The van der Waals surface area contributed by atoms with Crippen molar-refractivity contribution in [2.75, 3.05) is 7.05 Å². The minimum atomic E-state index is -0.368. The van der Waals surface area contributed by atoms with Gasteiger partial charge in [0.05, 0.1) is 6.20 Å². The van der Waals surface area contributed by atoms with Crippen LogP contribution in [0.1, 0.15) is 30.9 Å². The van der Waals surface area contributed by atoms with E-state index >= 15 is 0 Å². The van der Waals surface area contributed by atoms with E-state index in [0.29, 0.717) is 23.9 Å². The van der Waals surface area contributed by atoms with Crippen LogP contribution >= 0.6 is 15.9 Å². The number of benzene rings is 1. The zero-order valence-corrected chi connectivity index (χ0v) is 13.9. The molecule has 2 aromatic rings. The summed E-state index contributed by atoms with van der Waals surface area (Å²) in [5.74, 6) is 1.11. The third-order valence-corrected chi connectivity index (χ3v) is 3.55. The van der Waals surface area contributed by atoms with Crippen LogP contribution in [0.25, 0.3) is 0 Å². The summed E-state index contributed by atoms with van der Waals surface area (Å²) in [6.45, 7) is 4.69. The molecule has 5 heteroatoms. The summed E-state index contributed by atoms with van der Waals surface area (Å²) in [6, 6.07) is 7.28. The number of ether oxygens (including phenoxy) is 1. The van der Waals surface area contributed by atoms with Crippen molar-refractivity contribution in [1.82, 2.24) is 10.3 Å². The second kappa shape index (κ2) is 7.00. The molecule has 0 saturated heterocycles. The quantitative estimate of drug-likeness (QED) is 0.852. The lowest BCUT2D eigenvalue weighted by Crippen LogP contribution is -2.08. The molecule has 1 aromatic carbocycles. The Morgan fingerprint density at radius 1 is 1.33 bits per heavy atom. The summed E-state index contributed by atoms with van der Waals surface area (Å²) in [5, 5.41) is 2.99. The van der Waals surface area contributed by atoms with Crippen LogP contribution in [-0.2, 0) is 6.54 Å². The Bertz CT molecular complexity index is 632. The summed E-state index contributed by atoms with van der Waals surface area (Å²) in [6.07, 6.45) is 1.17. The number of nitrogens with one attached hydrogen (secondary N) is 1. The molecule has 0 aliphatic rings. The molecule has 0 radical (unpaired) electrons. The normalized spacial score (nSPS) is 11.0. The number of pyridine rings is 1. The number of hydrogen-bond acceptors (Lipinski definition) is 3. The van der Waals surface area contributed by atoms with Crippen molar-refractivity contribution in [3.8, 4) is 11.6 Å². The highest BCUT2D eigenvalue weighted by Gasteiger charge is 2.13. The van der Waals surface area contributed by atoms with Gasteiger partial charge in [-0.25, -0.2) is 9.37 Å². The largest absolute Gasteiger partial charge is 0.438 e. The van der Waals surface area contributed by atoms with Gasteiger partial charge < -0.3 is 10.1 Å². The number of rotatable bonds is 5. The average molecular weight is 353 g/mol. The van der Waals surface area contributed by atoms with Crippen LogP contribution in [0.2, 0.25) is 0 Å². The smallest absolute Gasteiger partial charge is 0.223 e. The standard InChI is InChI=1S/C16H18BrFN2O/c1-10(2)14-7-12(17)4-5-15(14)21-16-11(8-19-3)6-13(18)9-20-16/h4-7,9-10,19H,8H2,1-3H3. The molecule has 21 heavy (non-hydrogen) atoms. The molecule has 112 valence electrons. The fraction of sp³-hybridized carbons (Fsp3) is 0.312. The molecule has 0 bridgehead atoms. The second-order valence-corrected chi connectivity index (χ2v) is 6.00. The molecule has 0 saturated carbocycles. The molecule has 3 nitrogen and oxygen atoms in total. The lowest BCUT2D eigenvalue weighted by Gasteiger charge is -2.15. The second-order valence-electron chi connectivity index (χ2n) is 5.09. The molecule has 0 atom stereocenters. The molecule has 0 spiro atoms. The molecule has 0 aliphatic carbocycles. The van der Waals surface area contributed by atoms with Crippen molar-refractivity contribution in [3.05, 3.63) is 51.9 Å². The summed E-state index contributed by atoms with van der Waals surface area (Å²) >= 11 is 3.47. The van der Waals surface area contributed by atoms with Crippen molar-refractivity contribution in [2.45, 2.75) is 26.3 Å². The molecule has 1 N–H and O–H groups in total. The van der Waals surface area contributed by atoms with Gasteiger partial charge in [0.25, 0.3) is 0 Å². The molecule has 1 aromatic heterocycles.